The molecule has 0 saturated carbocycles. The third-order valence-corrected chi connectivity index (χ3v) is 3.78. The van der Waals surface area contributed by atoms with E-state index in [1.165, 1.54) is 0 Å². The minimum absolute atomic E-state index is 0.0892. The van der Waals surface area contributed by atoms with Gasteiger partial charge in [0, 0.05) is 18.7 Å². The molecule has 2 N–H and O–H groups in total. The second-order valence-electron chi connectivity index (χ2n) is 5.35. The van der Waals surface area contributed by atoms with Gasteiger partial charge in [-0.05, 0) is 26.0 Å². The van der Waals surface area contributed by atoms with Crippen molar-refractivity contribution in [1.82, 2.24) is 10.2 Å². The summed E-state index contributed by atoms with van der Waals surface area (Å²) in [5.74, 6) is -0.116. The molecule has 0 bridgehead atoms. The highest BCUT2D eigenvalue weighted by Crippen LogP contribution is 2.22. The fraction of sp³-hybridized carbons (Fsp3) is 0.467. The van der Waals surface area contributed by atoms with Crippen LogP contribution in [0.15, 0.2) is 24.3 Å². The summed E-state index contributed by atoms with van der Waals surface area (Å²) >= 11 is 0. The Morgan fingerprint density at radius 3 is 2.70 bits per heavy atom. The number of nitrogens with zero attached hydrogens (tertiary/aromatic N) is 2. The average Bonchev–Trinajstić information content (AvgIpc) is 2.44. The number of likely N-dealkylation sites (tertiary alicyclic amines) is 1. The van der Waals surface area contributed by atoms with E-state index in [0.717, 1.165) is 13.1 Å². The zero-order valence-electron chi connectivity index (χ0n) is 11.6. The van der Waals surface area contributed by atoms with Crippen LogP contribution in [-0.2, 0) is 11.2 Å². The number of hydrogen-bond acceptors (Lipinski definition) is 4. The molecule has 1 aliphatic heterocycles. The van der Waals surface area contributed by atoms with Gasteiger partial charge in [0.15, 0.2) is 0 Å². The maximum atomic E-state index is 12.1. The maximum absolute atomic E-state index is 12.1. The third kappa shape index (κ3) is 3.28. The molecule has 1 fully saturated rings. The van der Waals surface area contributed by atoms with Gasteiger partial charge in [-0.25, -0.2) is 0 Å². The van der Waals surface area contributed by atoms with Gasteiger partial charge in [0.05, 0.1) is 12.5 Å². The van der Waals surface area contributed by atoms with Crippen molar-refractivity contribution in [2.75, 3.05) is 20.1 Å². The summed E-state index contributed by atoms with van der Waals surface area (Å²) in [7, 11) is 2.01. The fourth-order valence-electron chi connectivity index (χ4n) is 2.41. The Balaban J connectivity index is 2.00. The summed E-state index contributed by atoms with van der Waals surface area (Å²) in [4.78, 5) is 14.2. The lowest BCUT2D eigenvalue weighted by atomic mass is 9.89. The van der Waals surface area contributed by atoms with Gasteiger partial charge < -0.3 is 15.3 Å². The summed E-state index contributed by atoms with van der Waals surface area (Å²) in [5, 5.41) is 21.9. The maximum Gasteiger partial charge on any atom is 0.225 e. The van der Waals surface area contributed by atoms with Crippen LogP contribution in [0, 0.1) is 11.3 Å². The van der Waals surface area contributed by atoms with Crippen LogP contribution in [0.4, 0.5) is 0 Å². The van der Waals surface area contributed by atoms with Crippen molar-refractivity contribution in [3.05, 3.63) is 29.8 Å². The molecule has 1 saturated heterocycles. The molecule has 1 amide bonds. The van der Waals surface area contributed by atoms with E-state index in [-0.39, 0.29) is 18.1 Å². The zero-order valence-corrected chi connectivity index (χ0v) is 11.6. The minimum atomic E-state index is -0.770. The molecule has 2 rings (SSSR count). The molecule has 0 spiro atoms. The SMILES string of the molecule is CN1CCC(C#N)(NC(=O)Cc2ccccc2O)CC1. The third-order valence-electron chi connectivity index (χ3n) is 3.78. The number of benzene rings is 1. The van der Waals surface area contributed by atoms with Gasteiger partial charge in [0.2, 0.25) is 5.91 Å². The molecule has 0 radical (unpaired) electrons. The number of phenolic OH excluding ortho intramolecular Hbond substituents is 1. The normalized spacial score (nSPS) is 18.2. The van der Waals surface area contributed by atoms with Crippen molar-refractivity contribution in [2.45, 2.75) is 24.8 Å². The van der Waals surface area contributed by atoms with Gasteiger partial charge in [-0.3, -0.25) is 4.79 Å². The van der Waals surface area contributed by atoms with Gasteiger partial charge in [0.1, 0.15) is 11.3 Å². The number of piperidine rings is 1. The molecule has 1 aromatic carbocycles. The number of nitriles is 1. The molecule has 0 aromatic heterocycles. The van der Waals surface area contributed by atoms with Crippen molar-refractivity contribution in [3.63, 3.8) is 0 Å². The van der Waals surface area contributed by atoms with Crippen LogP contribution in [0.3, 0.4) is 0 Å². The first kappa shape index (κ1) is 14.4. The fourth-order valence-corrected chi connectivity index (χ4v) is 2.41. The first-order valence-corrected chi connectivity index (χ1v) is 6.72. The highest BCUT2D eigenvalue weighted by molar-refractivity contribution is 5.80. The van der Waals surface area contributed by atoms with E-state index in [9.17, 15) is 15.2 Å². The Hall–Kier alpha value is -2.06. The van der Waals surface area contributed by atoms with Crippen LogP contribution >= 0.6 is 0 Å². The van der Waals surface area contributed by atoms with E-state index in [0.29, 0.717) is 18.4 Å². The van der Waals surface area contributed by atoms with Gasteiger partial charge in [-0.15, -0.1) is 0 Å². The number of phenols is 1. The zero-order chi connectivity index (χ0) is 14.6. The number of hydrogen-bond donors (Lipinski definition) is 2. The summed E-state index contributed by atoms with van der Waals surface area (Å²) in [6.45, 7) is 1.59. The van der Waals surface area contributed by atoms with Crippen LogP contribution in [0.2, 0.25) is 0 Å². The highest BCUT2D eigenvalue weighted by Gasteiger charge is 2.35. The molecule has 1 aromatic rings. The molecule has 20 heavy (non-hydrogen) atoms. The Bertz CT molecular complexity index is 528. The summed E-state index contributed by atoms with van der Waals surface area (Å²) in [6.07, 6.45) is 1.35. The molecule has 0 atom stereocenters. The van der Waals surface area contributed by atoms with E-state index < -0.39 is 5.54 Å². The first-order valence-electron chi connectivity index (χ1n) is 6.72. The Labute approximate surface area is 118 Å². The van der Waals surface area contributed by atoms with Crippen molar-refractivity contribution in [2.24, 2.45) is 0 Å². The van der Waals surface area contributed by atoms with E-state index in [2.05, 4.69) is 16.3 Å². The standard InChI is InChI=1S/C15H19N3O2/c1-18-8-6-15(11-16,7-9-18)17-14(20)10-12-4-2-3-5-13(12)19/h2-5,19H,6-10H2,1H3,(H,17,20). The largest absolute Gasteiger partial charge is 0.508 e. The summed E-state index contributed by atoms with van der Waals surface area (Å²) in [6, 6.07) is 9.00. The molecule has 1 heterocycles. The topological polar surface area (TPSA) is 76.4 Å². The molecule has 1 aliphatic rings. The molecule has 5 nitrogen and oxygen atoms in total. The number of carbonyl (C=O) groups is 1. The Morgan fingerprint density at radius 2 is 2.10 bits per heavy atom. The van der Waals surface area contributed by atoms with Crippen molar-refractivity contribution in [1.29, 1.82) is 5.26 Å². The number of para-hydroxylation sites is 1. The molecular weight excluding hydrogens is 254 g/mol. The number of nitrogens with one attached hydrogen (secondary N) is 1. The van der Waals surface area contributed by atoms with Crippen LogP contribution in [-0.4, -0.2) is 41.6 Å². The molecule has 0 unspecified atom stereocenters. The van der Waals surface area contributed by atoms with Crippen LogP contribution in [0.1, 0.15) is 18.4 Å². The summed E-state index contributed by atoms with van der Waals surface area (Å²) < 4.78 is 0. The Morgan fingerprint density at radius 1 is 1.45 bits per heavy atom. The van der Waals surface area contributed by atoms with Gasteiger partial charge in [-0.2, -0.15) is 5.26 Å². The quantitative estimate of drug-likeness (QED) is 0.862. The minimum Gasteiger partial charge on any atom is -0.508 e. The second kappa shape index (κ2) is 5.93. The van der Waals surface area contributed by atoms with Crippen LogP contribution in [0.5, 0.6) is 5.75 Å². The number of carbonyl (C=O) groups excluding carboxylic acids is 1. The van der Waals surface area contributed by atoms with Crippen LogP contribution in [0.25, 0.3) is 0 Å². The predicted molar refractivity (Wildman–Crippen MR) is 75.0 cm³/mol. The van der Waals surface area contributed by atoms with E-state index in [1.807, 2.05) is 7.05 Å². The van der Waals surface area contributed by atoms with Crippen LogP contribution < -0.4 is 5.32 Å². The monoisotopic (exact) mass is 273 g/mol. The predicted octanol–water partition coefficient (Wildman–Crippen LogP) is 1.04. The lowest BCUT2D eigenvalue weighted by Crippen LogP contribution is -2.54. The molecule has 5 heteroatoms. The number of amides is 1. The van der Waals surface area contributed by atoms with E-state index in [4.69, 9.17) is 0 Å². The molecular formula is C15H19N3O2. The smallest absolute Gasteiger partial charge is 0.225 e. The van der Waals surface area contributed by atoms with Gasteiger partial charge in [0.25, 0.3) is 0 Å². The lowest BCUT2D eigenvalue weighted by molar-refractivity contribution is -0.122. The first-order chi connectivity index (χ1) is 9.54. The van der Waals surface area contributed by atoms with Crippen molar-refractivity contribution < 1.29 is 9.90 Å². The number of rotatable bonds is 3. The van der Waals surface area contributed by atoms with Gasteiger partial charge in [-0.1, -0.05) is 18.2 Å². The van der Waals surface area contributed by atoms with Crippen molar-refractivity contribution in [3.8, 4) is 11.8 Å². The molecule has 106 valence electrons. The van der Waals surface area contributed by atoms with Crippen molar-refractivity contribution >= 4 is 5.91 Å². The molecule has 0 aliphatic carbocycles. The summed E-state index contributed by atoms with van der Waals surface area (Å²) in [5.41, 5.74) is -0.195. The van der Waals surface area contributed by atoms with E-state index >= 15 is 0 Å². The second-order valence-corrected chi connectivity index (χ2v) is 5.35. The number of aromatic hydroxyl groups is 1. The average molecular weight is 273 g/mol. The van der Waals surface area contributed by atoms with Gasteiger partial charge >= 0.3 is 0 Å². The Kier molecular flexibility index (Phi) is 4.26. The lowest BCUT2D eigenvalue weighted by Gasteiger charge is -2.36. The van der Waals surface area contributed by atoms with E-state index in [1.54, 1.807) is 24.3 Å². The highest BCUT2D eigenvalue weighted by atomic mass is 16.3.